The Morgan fingerprint density at radius 2 is 1.86 bits per heavy atom. The lowest BCUT2D eigenvalue weighted by atomic mass is 10.1. The molecule has 0 saturated heterocycles. The summed E-state index contributed by atoms with van der Waals surface area (Å²) in [5.74, 6) is 0.0878. The van der Waals surface area contributed by atoms with Crippen LogP contribution in [-0.4, -0.2) is 25.7 Å². The van der Waals surface area contributed by atoms with Crippen molar-refractivity contribution in [3.8, 4) is 0 Å². The van der Waals surface area contributed by atoms with Gasteiger partial charge in [-0.3, -0.25) is 4.79 Å². The first-order chi connectivity index (χ1) is 14.3. The third-order valence-corrected chi connectivity index (χ3v) is 5.87. The van der Waals surface area contributed by atoms with Gasteiger partial charge in [-0.05, 0) is 42.5 Å². The number of hydrogen-bond donors (Lipinski definition) is 1. The third-order valence-electron chi connectivity index (χ3n) is 4.78. The van der Waals surface area contributed by atoms with Crippen LogP contribution in [0.15, 0.2) is 61.2 Å². The van der Waals surface area contributed by atoms with Crippen molar-refractivity contribution in [2.45, 2.75) is 38.8 Å². The molecule has 1 N–H and O–H groups in total. The standard InChI is InChI=1S/C22H23N5OS/c28-21(11-5-6-12-22-26-19-9-3-4-10-20(19)29-22)24-13-17-7-1-2-8-18(17)14-27-16-23-15-25-27/h1-4,7-10,15-16H,5-6,11-14H2,(H,24,28). The summed E-state index contributed by atoms with van der Waals surface area (Å²) in [5, 5.41) is 8.34. The van der Waals surface area contributed by atoms with E-state index in [4.69, 9.17) is 0 Å². The highest BCUT2D eigenvalue weighted by Gasteiger charge is 2.07. The molecule has 2 aromatic heterocycles. The van der Waals surface area contributed by atoms with E-state index in [2.05, 4.69) is 32.5 Å². The number of aryl methyl sites for hydroxylation is 1. The van der Waals surface area contributed by atoms with E-state index >= 15 is 0 Å². The Morgan fingerprint density at radius 3 is 2.69 bits per heavy atom. The molecule has 0 saturated carbocycles. The predicted octanol–water partition coefficient (Wildman–Crippen LogP) is 3.97. The van der Waals surface area contributed by atoms with Crippen LogP contribution in [0.3, 0.4) is 0 Å². The number of nitrogens with zero attached hydrogens (tertiary/aromatic N) is 4. The minimum Gasteiger partial charge on any atom is -0.352 e. The van der Waals surface area contributed by atoms with Gasteiger partial charge in [0.1, 0.15) is 12.7 Å². The molecule has 2 aromatic carbocycles. The molecule has 0 aliphatic carbocycles. The quantitative estimate of drug-likeness (QED) is 0.428. The smallest absolute Gasteiger partial charge is 0.220 e. The lowest BCUT2D eigenvalue weighted by Crippen LogP contribution is -2.23. The van der Waals surface area contributed by atoms with Crippen LogP contribution in [0.2, 0.25) is 0 Å². The van der Waals surface area contributed by atoms with Gasteiger partial charge in [0.15, 0.2) is 0 Å². The summed E-state index contributed by atoms with van der Waals surface area (Å²) in [6.07, 6.45) is 6.52. The molecule has 4 rings (SSSR count). The van der Waals surface area contributed by atoms with Gasteiger partial charge in [-0.1, -0.05) is 36.4 Å². The first-order valence-corrected chi connectivity index (χ1v) is 10.6. The lowest BCUT2D eigenvalue weighted by Gasteiger charge is -2.10. The molecule has 1 amide bonds. The number of carbonyl (C=O) groups is 1. The highest BCUT2D eigenvalue weighted by atomic mass is 32.1. The molecule has 148 valence electrons. The largest absolute Gasteiger partial charge is 0.352 e. The third kappa shape index (κ3) is 5.26. The molecule has 0 spiro atoms. The average Bonchev–Trinajstić information content (AvgIpc) is 3.40. The fraction of sp³-hybridized carbons (Fsp3) is 0.273. The fourth-order valence-corrected chi connectivity index (χ4v) is 4.25. The van der Waals surface area contributed by atoms with Gasteiger partial charge >= 0.3 is 0 Å². The minimum absolute atomic E-state index is 0.0878. The lowest BCUT2D eigenvalue weighted by molar-refractivity contribution is -0.121. The Labute approximate surface area is 173 Å². The van der Waals surface area contributed by atoms with Crippen molar-refractivity contribution >= 4 is 27.5 Å². The summed E-state index contributed by atoms with van der Waals surface area (Å²) in [4.78, 5) is 20.9. The van der Waals surface area contributed by atoms with Crippen molar-refractivity contribution in [3.63, 3.8) is 0 Å². The average molecular weight is 406 g/mol. The van der Waals surface area contributed by atoms with Crippen molar-refractivity contribution in [1.82, 2.24) is 25.1 Å². The number of para-hydroxylation sites is 1. The zero-order valence-corrected chi connectivity index (χ0v) is 16.9. The molecule has 2 heterocycles. The molecule has 7 heteroatoms. The molecular formula is C22H23N5OS. The molecule has 0 atom stereocenters. The number of thiazole rings is 1. The topological polar surface area (TPSA) is 72.7 Å². The van der Waals surface area contributed by atoms with Crippen LogP contribution in [0.4, 0.5) is 0 Å². The minimum atomic E-state index is 0.0878. The first kappa shape index (κ1) is 19.3. The number of rotatable bonds is 9. The first-order valence-electron chi connectivity index (χ1n) is 9.78. The number of carbonyl (C=O) groups excluding carboxylic acids is 1. The van der Waals surface area contributed by atoms with Crippen LogP contribution >= 0.6 is 11.3 Å². The van der Waals surface area contributed by atoms with Gasteiger partial charge in [-0.15, -0.1) is 11.3 Å². The fourth-order valence-electron chi connectivity index (χ4n) is 3.24. The van der Waals surface area contributed by atoms with E-state index in [0.717, 1.165) is 40.9 Å². The molecule has 29 heavy (non-hydrogen) atoms. The van der Waals surface area contributed by atoms with Crippen LogP contribution in [0.5, 0.6) is 0 Å². The van der Waals surface area contributed by atoms with Crippen molar-refractivity contribution in [1.29, 1.82) is 0 Å². The summed E-state index contributed by atoms with van der Waals surface area (Å²) in [6, 6.07) is 16.3. The molecule has 0 unspecified atom stereocenters. The summed E-state index contributed by atoms with van der Waals surface area (Å²) in [5.41, 5.74) is 3.30. The normalized spacial score (nSPS) is 11.0. The van der Waals surface area contributed by atoms with E-state index in [9.17, 15) is 4.79 Å². The molecule has 0 radical (unpaired) electrons. The summed E-state index contributed by atoms with van der Waals surface area (Å²) < 4.78 is 3.01. The maximum Gasteiger partial charge on any atom is 0.220 e. The second-order valence-corrected chi connectivity index (χ2v) is 8.04. The van der Waals surface area contributed by atoms with Crippen LogP contribution in [0.25, 0.3) is 10.2 Å². The van der Waals surface area contributed by atoms with Crippen LogP contribution in [0, 0.1) is 0 Å². The van der Waals surface area contributed by atoms with Gasteiger partial charge in [0.2, 0.25) is 5.91 Å². The summed E-state index contributed by atoms with van der Waals surface area (Å²) in [6.45, 7) is 1.18. The highest BCUT2D eigenvalue weighted by Crippen LogP contribution is 2.22. The number of aromatic nitrogens is 4. The van der Waals surface area contributed by atoms with Crippen molar-refractivity contribution in [2.24, 2.45) is 0 Å². The van der Waals surface area contributed by atoms with E-state index < -0.39 is 0 Å². The molecule has 0 fully saturated rings. The highest BCUT2D eigenvalue weighted by molar-refractivity contribution is 7.18. The van der Waals surface area contributed by atoms with Gasteiger partial charge < -0.3 is 5.32 Å². The van der Waals surface area contributed by atoms with E-state index in [-0.39, 0.29) is 5.91 Å². The van der Waals surface area contributed by atoms with E-state index in [1.54, 1.807) is 22.3 Å². The summed E-state index contributed by atoms with van der Waals surface area (Å²) in [7, 11) is 0. The van der Waals surface area contributed by atoms with E-state index in [0.29, 0.717) is 19.5 Å². The molecule has 0 aliphatic heterocycles. The van der Waals surface area contributed by atoms with Crippen molar-refractivity contribution in [3.05, 3.63) is 77.3 Å². The van der Waals surface area contributed by atoms with Gasteiger partial charge in [0.05, 0.1) is 21.8 Å². The van der Waals surface area contributed by atoms with E-state index in [1.807, 2.05) is 36.4 Å². The Balaban J connectivity index is 1.21. The van der Waals surface area contributed by atoms with E-state index in [1.165, 1.54) is 11.0 Å². The number of fused-ring (bicyclic) bond motifs is 1. The molecule has 6 nitrogen and oxygen atoms in total. The molecule has 0 bridgehead atoms. The zero-order valence-electron chi connectivity index (χ0n) is 16.1. The molecule has 4 aromatic rings. The Bertz CT molecular complexity index is 1040. The summed E-state index contributed by atoms with van der Waals surface area (Å²) >= 11 is 1.74. The monoisotopic (exact) mass is 405 g/mol. The van der Waals surface area contributed by atoms with Crippen molar-refractivity contribution < 1.29 is 4.79 Å². The number of unbranched alkanes of at least 4 members (excludes halogenated alkanes) is 1. The second kappa shape index (κ2) is 9.43. The van der Waals surface area contributed by atoms with Gasteiger partial charge in [-0.2, -0.15) is 5.10 Å². The van der Waals surface area contributed by atoms with Gasteiger partial charge in [-0.25, -0.2) is 14.6 Å². The number of hydrogen-bond acceptors (Lipinski definition) is 5. The van der Waals surface area contributed by atoms with Gasteiger partial charge in [0.25, 0.3) is 0 Å². The Kier molecular flexibility index (Phi) is 6.26. The van der Waals surface area contributed by atoms with Crippen LogP contribution in [-0.2, 0) is 24.3 Å². The van der Waals surface area contributed by atoms with Crippen LogP contribution in [0.1, 0.15) is 35.4 Å². The number of amides is 1. The SMILES string of the molecule is O=C(CCCCc1nc2ccccc2s1)NCc1ccccc1Cn1cncn1. The van der Waals surface area contributed by atoms with Crippen molar-refractivity contribution in [2.75, 3.05) is 0 Å². The molecular weight excluding hydrogens is 382 g/mol. The number of benzene rings is 2. The maximum absolute atomic E-state index is 12.2. The Hall–Kier alpha value is -3.06. The predicted molar refractivity (Wildman–Crippen MR) is 115 cm³/mol. The van der Waals surface area contributed by atoms with Crippen LogP contribution < -0.4 is 5.32 Å². The maximum atomic E-state index is 12.2. The number of nitrogens with one attached hydrogen (secondary N) is 1. The Morgan fingerprint density at radius 1 is 1.03 bits per heavy atom. The zero-order chi connectivity index (χ0) is 19.9. The molecule has 0 aliphatic rings. The second-order valence-electron chi connectivity index (χ2n) is 6.92. The van der Waals surface area contributed by atoms with Gasteiger partial charge in [0, 0.05) is 13.0 Å².